The smallest absolute Gasteiger partial charge is 0.360 e. The van der Waals surface area contributed by atoms with Gasteiger partial charge in [0.25, 0.3) is 5.92 Å². The van der Waals surface area contributed by atoms with Crippen LogP contribution in [-0.2, 0) is 4.74 Å². The van der Waals surface area contributed by atoms with E-state index in [-0.39, 0.29) is 43.1 Å². The summed E-state index contributed by atoms with van der Waals surface area (Å²) >= 11 is 0. The van der Waals surface area contributed by atoms with Crippen LogP contribution in [0, 0.1) is 5.82 Å². The Hall–Kier alpha value is -2.65. The summed E-state index contributed by atoms with van der Waals surface area (Å²) in [6, 6.07) is 1.16. The minimum absolute atomic E-state index is 0.0163. The Morgan fingerprint density at radius 1 is 1.33 bits per heavy atom. The Kier molecular flexibility index (Phi) is 4.12. The molecule has 1 fully saturated rings. The molecule has 24 heavy (non-hydrogen) atoms. The zero-order valence-electron chi connectivity index (χ0n) is 12.7. The Bertz CT molecular complexity index is 755. The number of methoxy groups -OCH3 is 1. The number of pyridine rings is 1. The number of carbonyl (C=O) groups is 1. The van der Waals surface area contributed by atoms with Crippen LogP contribution in [-0.4, -0.2) is 52.1 Å². The number of alkyl halides is 2. The molecule has 10 heteroatoms. The molecule has 0 saturated carbocycles. The van der Waals surface area contributed by atoms with Crippen molar-refractivity contribution in [3.05, 3.63) is 30.0 Å². The molecule has 7 nitrogen and oxygen atoms in total. The number of piperidine rings is 1. The molecule has 0 bridgehead atoms. The molecule has 0 aromatic carbocycles. The van der Waals surface area contributed by atoms with Crippen LogP contribution in [0.25, 0.3) is 5.69 Å². The van der Waals surface area contributed by atoms with Crippen molar-refractivity contribution in [1.82, 2.24) is 20.0 Å². The molecular weight excluding hydrogens is 327 g/mol. The first-order valence-corrected chi connectivity index (χ1v) is 7.19. The van der Waals surface area contributed by atoms with E-state index in [2.05, 4.69) is 20.0 Å². The van der Waals surface area contributed by atoms with Crippen LogP contribution in [0.5, 0.6) is 0 Å². The van der Waals surface area contributed by atoms with E-state index in [0.717, 1.165) is 6.07 Å². The van der Waals surface area contributed by atoms with Crippen molar-refractivity contribution < 1.29 is 22.7 Å². The topological polar surface area (TPSA) is 73.1 Å². The Morgan fingerprint density at radius 2 is 2.04 bits per heavy atom. The molecule has 0 amide bonds. The summed E-state index contributed by atoms with van der Waals surface area (Å²) in [5, 5.41) is 7.32. The van der Waals surface area contributed by atoms with Gasteiger partial charge < -0.3 is 9.64 Å². The molecule has 1 saturated heterocycles. The zero-order chi connectivity index (χ0) is 17.3. The van der Waals surface area contributed by atoms with Crippen molar-refractivity contribution in [2.45, 2.75) is 18.8 Å². The Morgan fingerprint density at radius 3 is 2.67 bits per heavy atom. The quantitative estimate of drug-likeness (QED) is 0.793. The van der Waals surface area contributed by atoms with Crippen LogP contribution >= 0.6 is 0 Å². The standard InChI is InChI=1S/C14H14F3N5O2/c1-24-13(23)11-8-22(20-19-11)9-6-10(15)12(18-7-9)21-4-2-14(16,17)3-5-21/h6-8H,2-5H2,1H3. The number of esters is 1. The molecule has 3 heterocycles. The lowest BCUT2D eigenvalue weighted by Gasteiger charge is -2.32. The third-order valence-electron chi connectivity index (χ3n) is 3.75. The van der Waals surface area contributed by atoms with Gasteiger partial charge in [0, 0.05) is 32.0 Å². The van der Waals surface area contributed by atoms with Crippen molar-refractivity contribution >= 4 is 11.8 Å². The summed E-state index contributed by atoms with van der Waals surface area (Å²) in [5.41, 5.74) is 0.224. The van der Waals surface area contributed by atoms with Crippen molar-refractivity contribution in [2.75, 3.05) is 25.1 Å². The average molecular weight is 341 g/mol. The van der Waals surface area contributed by atoms with E-state index in [1.807, 2.05) is 0 Å². The van der Waals surface area contributed by atoms with E-state index in [9.17, 15) is 18.0 Å². The molecule has 0 atom stereocenters. The van der Waals surface area contributed by atoms with Gasteiger partial charge in [-0.15, -0.1) is 5.10 Å². The van der Waals surface area contributed by atoms with Gasteiger partial charge in [0.1, 0.15) is 0 Å². The number of aromatic nitrogens is 4. The summed E-state index contributed by atoms with van der Waals surface area (Å²) < 4.78 is 46.3. The van der Waals surface area contributed by atoms with Gasteiger partial charge in [-0.3, -0.25) is 0 Å². The average Bonchev–Trinajstić information content (AvgIpc) is 3.04. The number of ether oxygens (including phenoxy) is 1. The minimum atomic E-state index is -2.71. The van der Waals surface area contributed by atoms with Crippen LogP contribution in [0.2, 0.25) is 0 Å². The molecule has 0 radical (unpaired) electrons. The molecule has 0 aliphatic carbocycles. The molecule has 128 valence electrons. The molecule has 2 aromatic rings. The number of hydrogen-bond acceptors (Lipinski definition) is 6. The van der Waals surface area contributed by atoms with Gasteiger partial charge in [0.05, 0.1) is 25.2 Å². The summed E-state index contributed by atoms with van der Waals surface area (Å²) in [6.07, 6.45) is 1.95. The Labute approximate surface area is 135 Å². The van der Waals surface area contributed by atoms with Crippen LogP contribution in [0.15, 0.2) is 18.5 Å². The first-order chi connectivity index (χ1) is 11.4. The van der Waals surface area contributed by atoms with Crippen LogP contribution in [0.3, 0.4) is 0 Å². The van der Waals surface area contributed by atoms with Crippen LogP contribution < -0.4 is 4.90 Å². The number of carbonyl (C=O) groups excluding carboxylic acids is 1. The van der Waals surface area contributed by atoms with Gasteiger partial charge in [0.2, 0.25) is 0 Å². The van der Waals surface area contributed by atoms with E-state index in [0.29, 0.717) is 0 Å². The van der Waals surface area contributed by atoms with E-state index in [1.54, 1.807) is 0 Å². The summed E-state index contributed by atoms with van der Waals surface area (Å²) in [5.74, 6) is -4.02. The highest BCUT2D eigenvalue weighted by molar-refractivity contribution is 5.86. The second kappa shape index (κ2) is 6.10. The van der Waals surface area contributed by atoms with E-state index >= 15 is 0 Å². The fraction of sp³-hybridized carbons (Fsp3) is 0.429. The number of anilines is 1. The highest BCUT2D eigenvalue weighted by Gasteiger charge is 2.35. The fourth-order valence-electron chi connectivity index (χ4n) is 2.41. The molecule has 0 N–H and O–H groups in total. The molecule has 0 unspecified atom stereocenters. The first kappa shape index (κ1) is 16.2. The second-order valence-corrected chi connectivity index (χ2v) is 5.38. The number of rotatable bonds is 3. The normalized spacial score (nSPS) is 16.9. The van der Waals surface area contributed by atoms with Crippen molar-refractivity contribution in [3.8, 4) is 5.69 Å². The van der Waals surface area contributed by atoms with Gasteiger partial charge in [-0.05, 0) is 0 Å². The number of nitrogens with zero attached hydrogens (tertiary/aromatic N) is 5. The third-order valence-corrected chi connectivity index (χ3v) is 3.75. The highest BCUT2D eigenvalue weighted by atomic mass is 19.3. The maximum absolute atomic E-state index is 14.3. The van der Waals surface area contributed by atoms with Gasteiger partial charge in [-0.1, -0.05) is 5.21 Å². The third kappa shape index (κ3) is 3.17. The zero-order valence-corrected chi connectivity index (χ0v) is 12.7. The summed E-state index contributed by atoms with van der Waals surface area (Å²) in [7, 11) is 1.21. The fourth-order valence-corrected chi connectivity index (χ4v) is 2.41. The lowest BCUT2D eigenvalue weighted by molar-refractivity contribution is -0.0222. The van der Waals surface area contributed by atoms with Gasteiger partial charge in [-0.2, -0.15) is 0 Å². The lowest BCUT2D eigenvalue weighted by Crippen LogP contribution is -2.40. The molecule has 1 aliphatic rings. The molecule has 2 aromatic heterocycles. The van der Waals surface area contributed by atoms with Crippen LogP contribution in [0.4, 0.5) is 19.0 Å². The number of halogens is 3. The van der Waals surface area contributed by atoms with Crippen molar-refractivity contribution in [3.63, 3.8) is 0 Å². The number of hydrogen-bond donors (Lipinski definition) is 0. The SMILES string of the molecule is COC(=O)c1cn(-c2cnc(N3CCC(F)(F)CC3)c(F)c2)nn1. The lowest BCUT2D eigenvalue weighted by atomic mass is 10.1. The molecule has 0 spiro atoms. The van der Waals surface area contributed by atoms with E-state index in [4.69, 9.17) is 0 Å². The molecule has 1 aliphatic heterocycles. The summed E-state index contributed by atoms with van der Waals surface area (Å²) in [4.78, 5) is 16.8. The predicted octanol–water partition coefficient (Wildman–Crippen LogP) is 1.82. The van der Waals surface area contributed by atoms with Crippen molar-refractivity contribution in [2.24, 2.45) is 0 Å². The maximum Gasteiger partial charge on any atom is 0.360 e. The summed E-state index contributed by atoms with van der Waals surface area (Å²) in [6.45, 7) is 0.0676. The molecule has 3 rings (SSSR count). The monoisotopic (exact) mass is 341 g/mol. The van der Waals surface area contributed by atoms with Crippen molar-refractivity contribution in [1.29, 1.82) is 0 Å². The minimum Gasteiger partial charge on any atom is -0.464 e. The highest BCUT2D eigenvalue weighted by Crippen LogP contribution is 2.30. The second-order valence-electron chi connectivity index (χ2n) is 5.38. The maximum atomic E-state index is 14.3. The van der Waals surface area contributed by atoms with Gasteiger partial charge in [0.15, 0.2) is 17.3 Å². The van der Waals surface area contributed by atoms with Crippen LogP contribution in [0.1, 0.15) is 23.3 Å². The van der Waals surface area contributed by atoms with Gasteiger partial charge in [-0.25, -0.2) is 27.6 Å². The predicted molar refractivity (Wildman–Crippen MR) is 76.8 cm³/mol. The first-order valence-electron chi connectivity index (χ1n) is 7.19. The van der Waals surface area contributed by atoms with Gasteiger partial charge >= 0.3 is 5.97 Å². The largest absolute Gasteiger partial charge is 0.464 e. The molecular formula is C14H14F3N5O2. The van der Waals surface area contributed by atoms with E-state index < -0.39 is 17.7 Å². The Balaban J connectivity index is 1.80. The van der Waals surface area contributed by atoms with E-state index in [1.165, 1.54) is 29.1 Å².